The molecule has 0 radical (unpaired) electrons. The normalized spacial score (nSPS) is 11.8. The average Bonchev–Trinajstić information content (AvgIpc) is 2.53. The molecule has 3 nitrogen and oxygen atoms in total. The zero-order valence-electron chi connectivity index (χ0n) is 10.7. The molecule has 2 heterocycles. The molecule has 2 aromatic carbocycles. The predicted molar refractivity (Wildman–Crippen MR) is 79.5 cm³/mol. The van der Waals surface area contributed by atoms with Crippen molar-refractivity contribution >= 4 is 11.4 Å². The van der Waals surface area contributed by atoms with E-state index in [1.165, 1.54) is 0 Å². The van der Waals surface area contributed by atoms with E-state index in [-0.39, 0.29) is 0 Å². The number of rotatable bonds is 1. The van der Waals surface area contributed by atoms with Crippen molar-refractivity contribution < 1.29 is 4.74 Å². The lowest BCUT2D eigenvalue weighted by Gasteiger charge is -2.22. The van der Waals surface area contributed by atoms with Crippen LogP contribution in [0.4, 0.5) is 11.4 Å². The Morgan fingerprint density at radius 1 is 0.750 bits per heavy atom. The molecule has 0 unspecified atom stereocenters. The Morgan fingerprint density at radius 2 is 1.55 bits per heavy atom. The molecule has 3 aromatic rings. The van der Waals surface area contributed by atoms with E-state index in [2.05, 4.69) is 16.4 Å². The van der Waals surface area contributed by atoms with Gasteiger partial charge in [0, 0.05) is 12.4 Å². The number of hydrogen-bond donors (Lipinski definition) is 1. The second kappa shape index (κ2) is 4.38. The molecule has 0 spiro atoms. The Bertz CT molecular complexity index is 769. The molecular formula is C17H12N2O. The molecule has 1 N–H and O–H groups in total. The minimum Gasteiger partial charge on any atom is -0.453 e. The van der Waals surface area contributed by atoms with E-state index in [4.69, 9.17) is 4.74 Å². The van der Waals surface area contributed by atoms with Crippen molar-refractivity contribution in [2.45, 2.75) is 0 Å². The number of ether oxygens (including phenoxy) is 1. The zero-order chi connectivity index (χ0) is 13.4. The Labute approximate surface area is 116 Å². The van der Waals surface area contributed by atoms with Crippen molar-refractivity contribution in [3.05, 3.63) is 67.0 Å². The molecule has 0 atom stereocenters. The number of para-hydroxylation sites is 2. The molecule has 20 heavy (non-hydrogen) atoms. The molecule has 0 saturated carbocycles. The van der Waals surface area contributed by atoms with E-state index < -0.39 is 0 Å². The second-order valence-corrected chi connectivity index (χ2v) is 4.67. The molecule has 0 saturated heterocycles. The molecule has 0 bridgehead atoms. The van der Waals surface area contributed by atoms with E-state index in [1.54, 1.807) is 12.4 Å². The monoisotopic (exact) mass is 260 g/mol. The molecule has 0 fully saturated rings. The highest BCUT2D eigenvalue weighted by Crippen LogP contribution is 2.43. The van der Waals surface area contributed by atoms with Gasteiger partial charge in [-0.05, 0) is 47.5 Å². The highest BCUT2D eigenvalue weighted by atomic mass is 16.5. The van der Waals surface area contributed by atoms with Crippen LogP contribution in [0.2, 0.25) is 0 Å². The van der Waals surface area contributed by atoms with Gasteiger partial charge in [0.15, 0.2) is 11.5 Å². The summed E-state index contributed by atoms with van der Waals surface area (Å²) in [6, 6.07) is 18.1. The van der Waals surface area contributed by atoms with Gasteiger partial charge in [0.1, 0.15) is 0 Å². The van der Waals surface area contributed by atoms with Crippen LogP contribution in [0.5, 0.6) is 11.5 Å². The van der Waals surface area contributed by atoms with Crippen molar-refractivity contribution in [3.63, 3.8) is 0 Å². The Balaban J connectivity index is 1.77. The summed E-state index contributed by atoms with van der Waals surface area (Å²) < 4.78 is 5.96. The fourth-order valence-electron chi connectivity index (χ4n) is 2.36. The van der Waals surface area contributed by atoms with Crippen LogP contribution in [0.1, 0.15) is 0 Å². The van der Waals surface area contributed by atoms with Crippen molar-refractivity contribution in [1.82, 2.24) is 4.98 Å². The summed E-state index contributed by atoms with van der Waals surface area (Å²) in [5.74, 6) is 1.70. The van der Waals surface area contributed by atoms with E-state index in [1.807, 2.05) is 48.5 Å². The van der Waals surface area contributed by atoms with Crippen molar-refractivity contribution in [3.8, 4) is 22.6 Å². The summed E-state index contributed by atoms with van der Waals surface area (Å²) in [6.45, 7) is 0. The van der Waals surface area contributed by atoms with Crippen LogP contribution in [0.25, 0.3) is 11.1 Å². The van der Waals surface area contributed by atoms with Gasteiger partial charge in [0.2, 0.25) is 0 Å². The van der Waals surface area contributed by atoms with E-state index >= 15 is 0 Å². The number of hydrogen-bond acceptors (Lipinski definition) is 3. The lowest BCUT2D eigenvalue weighted by atomic mass is 10.1. The Hall–Kier alpha value is -2.81. The molecule has 96 valence electrons. The quantitative estimate of drug-likeness (QED) is 0.543. The SMILES string of the molecule is c1ccc2c(c1)Nc1ccc(-c3ccncc3)cc1O2. The molecule has 4 rings (SSSR count). The van der Waals surface area contributed by atoms with Crippen LogP contribution in [-0.2, 0) is 0 Å². The summed E-state index contributed by atoms with van der Waals surface area (Å²) in [7, 11) is 0. The fourth-order valence-corrected chi connectivity index (χ4v) is 2.36. The summed E-state index contributed by atoms with van der Waals surface area (Å²) in [5.41, 5.74) is 4.23. The van der Waals surface area contributed by atoms with Crippen LogP contribution in [0.15, 0.2) is 67.0 Å². The molecular weight excluding hydrogens is 248 g/mol. The molecule has 0 aliphatic carbocycles. The Morgan fingerprint density at radius 3 is 2.45 bits per heavy atom. The topological polar surface area (TPSA) is 34.2 Å². The maximum absolute atomic E-state index is 5.96. The molecule has 3 heteroatoms. The molecule has 1 aromatic heterocycles. The van der Waals surface area contributed by atoms with Crippen LogP contribution < -0.4 is 10.1 Å². The van der Waals surface area contributed by atoms with Gasteiger partial charge in [0.25, 0.3) is 0 Å². The number of nitrogens with zero attached hydrogens (tertiary/aromatic N) is 1. The van der Waals surface area contributed by atoms with Crippen LogP contribution in [0, 0.1) is 0 Å². The van der Waals surface area contributed by atoms with Gasteiger partial charge in [0.05, 0.1) is 11.4 Å². The van der Waals surface area contributed by atoms with Gasteiger partial charge >= 0.3 is 0 Å². The van der Waals surface area contributed by atoms with E-state index in [9.17, 15) is 0 Å². The first-order valence-electron chi connectivity index (χ1n) is 6.48. The van der Waals surface area contributed by atoms with Crippen molar-refractivity contribution in [2.75, 3.05) is 5.32 Å². The van der Waals surface area contributed by atoms with Crippen LogP contribution in [-0.4, -0.2) is 4.98 Å². The summed E-state index contributed by atoms with van der Waals surface area (Å²) in [4.78, 5) is 4.04. The van der Waals surface area contributed by atoms with Gasteiger partial charge in [-0.25, -0.2) is 0 Å². The van der Waals surface area contributed by atoms with Gasteiger partial charge in [-0.3, -0.25) is 4.98 Å². The number of anilines is 2. The zero-order valence-corrected chi connectivity index (χ0v) is 10.7. The highest BCUT2D eigenvalue weighted by molar-refractivity contribution is 5.79. The average molecular weight is 260 g/mol. The summed E-state index contributed by atoms with van der Waals surface area (Å²) >= 11 is 0. The first kappa shape index (κ1) is 11.1. The number of pyridine rings is 1. The minimum absolute atomic E-state index is 0.845. The predicted octanol–water partition coefficient (Wildman–Crippen LogP) is 4.60. The maximum Gasteiger partial charge on any atom is 0.151 e. The van der Waals surface area contributed by atoms with E-state index in [0.29, 0.717) is 0 Å². The van der Waals surface area contributed by atoms with Crippen molar-refractivity contribution in [1.29, 1.82) is 0 Å². The lowest BCUT2D eigenvalue weighted by Crippen LogP contribution is -2.02. The first-order chi connectivity index (χ1) is 9.90. The molecule has 1 aliphatic heterocycles. The smallest absolute Gasteiger partial charge is 0.151 e. The first-order valence-corrected chi connectivity index (χ1v) is 6.48. The standard InChI is InChI=1S/C17H12N2O/c1-2-4-16-14(3-1)19-15-6-5-13(11-17(15)20-16)12-7-9-18-10-8-12/h1-11,19H. The molecule has 0 amide bonds. The maximum atomic E-state index is 5.96. The molecule has 1 aliphatic rings. The second-order valence-electron chi connectivity index (χ2n) is 4.67. The van der Waals surface area contributed by atoms with Crippen LogP contribution in [0.3, 0.4) is 0 Å². The third-order valence-corrected chi connectivity index (χ3v) is 3.37. The highest BCUT2D eigenvalue weighted by Gasteiger charge is 2.16. The van der Waals surface area contributed by atoms with Gasteiger partial charge in [-0.1, -0.05) is 18.2 Å². The lowest BCUT2D eigenvalue weighted by molar-refractivity contribution is 0.481. The third kappa shape index (κ3) is 1.80. The summed E-state index contributed by atoms with van der Waals surface area (Å²) in [5, 5.41) is 3.38. The number of aromatic nitrogens is 1. The number of benzene rings is 2. The third-order valence-electron chi connectivity index (χ3n) is 3.37. The van der Waals surface area contributed by atoms with Gasteiger partial charge in [-0.15, -0.1) is 0 Å². The number of nitrogens with one attached hydrogen (secondary N) is 1. The van der Waals surface area contributed by atoms with E-state index in [0.717, 1.165) is 34.0 Å². The fraction of sp³-hybridized carbons (Fsp3) is 0. The van der Waals surface area contributed by atoms with Crippen LogP contribution >= 0.6 is 0 Å². The Kier molecular flexibility index (Phi) is 2.42. The summed E-state index contributed by atoms with van der Waals surface area (Å²) in [6.07, 6.45) is 3.59. The number of fused-ring (bicyclic) bond motifs is 2. The minimum atomic E-state index is 0.845. The van der Waals surface area contributed by atoms with Gasteiger partial charge < -0.3 is 10.1 Å². The van der Waals surface area contributed by atoms with Gasteiger partial charge in [-0.2, -0.15) is 0 Å². The van der Waals surface area contributed by atoms with Crippen molar-refractivity contribution in [2.24, 2.45) is 0 Å². The largest absolute Gasteiger partial charge is 0.453 e.